The zero-order valence-electron chi connectivity index (χ0n) is 37.9. The van der Waals surface area contributed by atoms with Gasteiger partial charge in [-0.3, -0.25) is 9.59 Å². The summed E-state index contributed by atoms with van der Waals surface area (Å²) in [6.07, 6.45) is 6.69. The van der Waals surface area contributed by atoms with Gasteiger partial charge in [0, 0.05) is 33.6 Å². The fourth-order valence-electron chi connectivity index (χ4n) is 9.95. The van der Waals surface area contributed by atoms with Gasteiger partial charge in [0.15, 0.2) is 11.6 Å². The quantitative estimate of drug-likeness (QED) is 0.112. The van der Waals surface area contributed by atoms with Gasteiger partial charge in [0.25, 0.3) is 0 Å². The summed E-state index contributed by atoms with van der Waals surface area (Å²) in [7, 11) is 0. The van der Waals surface area contributed by atoms with Gasteiger partial charge in [-0.15, -0.1) is 0 Å². The summed E-state index contributed by atoms with van der Waals surface area (Å²) in [6.45, 7) is 2.03. The molecule has 0 bridgehead atoms. The average Bonchev–Trinajstić information content (AvgIpc) is 3.74. The Hall–Kier alpha value is -7.38. The number of hydrogen-bond donors (Lipinski definition) is 4. The van der Waals surface area contributed by atoms with Crippen molar-refractivity contribution in [1.29, 1.82) is 0 Å². The monoisotopic (exact) mass is 880 g/mol. The first kappa shape index (κ1) is 44.8. The van der Waals surface area contributed by atoms with E-state index in [0.29, 0.717) is 11.4 Å². The van der Waals surface area contributed by atoms with E-state index in [4.69, 9.17) is 11.5 Å². The van der Waals surface area contributed by atoms with Crippen molar-refractivity contribution in [3.63, 3.8) is 0 Å². The summed E-state index contributed by atoms with van der Waals surface area (Å²) in [5, 5.41) is 20.9. The largest absolute Gasteiger partial charge is 0.399 e. The number of fused-ring (bicyclic) bond motifs is 8. The van der Waals surface area contributed by atoms with E-state index in [9.17, 15) is 19.8 Å². The molecule has 0 spiro atoms. The van der Waals surface area contributed by atoms with E-state index < -0.39 is 12.2 Å². The molecule has 12 rings (SSSR count). The minimum Gasteiger partial charge on any atom is -0.399 e. The van der Waals surface area contributed by atoms with Crippen LogP contribution in [0, 0.1) is 6.92 Å². The molecule has 4 aliphatic carbocycles. The Balaban J connectivity index is 0.000000112. The maximum absolute atomic E-state index is 12.5. The van der Waals surface area contributed by atoms with Gasteiger partial charge in [0.2, 0.25) is 0 Å². The van der Waals surface area contributed by atoms with Crippen LogP contribution in [0.1, 0.15) is 116 Å². The molecule has 1 unspecified atom stereocenters. The van der Waals surface area contributed by atoms with E-state index in [1.807, 2.05) is 140 Å². The summed E-state index contributed by atoms with van der Waals surface area (Å²) >= 11 is 0. The summed E-state index contributed by atoms with van der Waals surface area (Å²) in [5.41, 5.74) is 31.0. The SMILES string of the molecule is Cc1ccc2c(c1)C(=O)c1ccccc1CC2.Nc1ccc2c(c1)C(=O)c1ccccc1CC2.Nc1ccc2c(c1)C(O)c1ccccc1CC2.OC1c2ccccc2CCc2ccccc21. The molecule has 0 aromatic heterocycles. The van der Waals surface area contributed by atoms with Crippen LogP contribution < -0.4 is 11.5 Å². The maximum Gasteiger partial charge on any atom is 0.193 e. The third-order valence-electron chi connectivity index (χ3n) is 13.6. The summed E-state index contributed by atoms with van der Waals surface area (Å²) in [4.78, 5) is 24.9. The zero-order chi connectivity index (χ0) is 46.4. The number of carbonyl (C=O) groups excluding carboxylic acids is 2. The molecule has 8 aromatic carbocycles. The van der Waals surface area contributed by atoms with Crippen LogP contribution in [0.15, 0.2) is 176 Å². The maximum atomic E-state index is 12.5. The van der Waals surface area contributed by atoms with Crippen molar-refractivity contribution in [2.24, 2.45) is 0 Å². The van der Waals surface area contributed by atoms with Crippen LogP contribution in [-0.4, -0.2) is 21.8 Å². The molecule has 0 amide bonds. The van der Waals surface area contributed by atoms with Crippen molar-refractivity contribution < 1.29 is 19.8 Å². The number of rotatable bonds is 0. The lowest BCUT2D eigenvalue weighted by molar-refractivity contribution is 0.103. The summed E-state index contributed by atoms with van der Waals surface area (Å²) in [6, 6.07) is 57.9. The number of anilines is 2. The Kier molecular flexibility index (Phi) is 13.4. The van der Waals surface area contributed by atoms with Gasteiger partial charge in [-0.1, -0.05) is 151 Å². The van der Waals surface area contributed by atoms with Crippen LogP contribution in [0.4, 0.5) is 11.4 Å². The fourth-order valence-corrected chi connectivity index (χ4v) is 9.95. The molecule has 0 fully saturated rings. The molecule has 6 N–H and O–H groups in total. The van der Waals surface area contributed by atoms with Gasteiger partial charge < -0.3 is 21.7 Å². The standard InChI is InChI=1S/C16H14O.C15H15NO.C15H13NO.C15H14O/c1-11-6-7-13-9-8-12-4-2-3-5-14(12)16(17)15(13)10-11;2*16-12-8-7-11-6-5-10-3-1-2-4-13(10)15(17)14(11)9-12;16-15-13-7-3-1-5-11(13)9-10-12-6-2-4-8-14(12)15/h2-7,10H,8-9H2,1H3;1-4,7-9,15,17H,5-6,16H2;1-4,7-9H,5-6,16H2;1-8,15-16H,9-10H2. The first-order valence-electron chi connectivity index (χ1n) is 23.3. The van der Waals surface area contributed by atoms with E-state index in [2.05, 4.69) is 36.4 Å². The molecule has 6 heteroatoms. The molecule has 0 saturated heterocycles. The second kappa shape index (κ2) is 20.0. The second-order valence-corrected chi connectivity index (χ2v) is 17.9. The number of nitrogen functional groups attached to an aromatic ring is 2. The highest BCUT2D eigenvalue weighted by Gasteiger charge is 2.24. The van der Waals surface area contributed by atoms with Crippen molar-refractivity contribution in [1.82, 2.24) is 0 Å². The molecule has 0 heterocycles. The van der Waals surface area contributed by atoms with Crippen molar-refractivity contribution >= 4 is 22.9 Å². The van der Waals surface area contributed by atoms with E-state index in [1.165, 1.54) is 33.4 Å². The molecular weight excluding hydrogens is 825 g/mol. The van der Waals surface area contributed by atoms with Crippen LogP contribution in [-0.2, 0) is 51.4 Å². The van der Waals surface area contributed by atoms with Gasteiger partial charge in [-0.25, -0.2) is 0 Å². The van der Waals surface area contributed by atoms with Gasteiger partial charge in [0.1, 0.15) is 12.2 Å². The average molecular weight is 881 g/mol. The molecule has 0 radical (unpaired) electrons. The molecule has 334 valence electrons. The van der Waals surface area contributed by atoms with Crippen LogP contribution in [0.2, 0.25) is 0 Å². The van der Waals surface area contributed by atoms with Crippen LogP contribution >= 0.6 is 0 Å². The van der Waals surface area contributed by atoms with Gasteiger partial charge >= 0.3 is 0 Å². The fraction of sp³-hybridized carbons (Fsp3) is 0.180. The lowest BCUT2D eigenvalue weighted by Gasteiger charge is -2.14. The number of aliphatic hydroxyl groups excluding tert-OH is 2. The Morgan fingerprint density at radius 1 is 0.343 bits per heavy atom. The van der Waals surface area contributed by atoms with Crippen LogP contribution in [0.5, 0.6) is 0 Å². The first-order valence-corrected chi connectivity index (χ1v) is 23.3. The lowest BCUT2D eigenvalue weighted by atomic mass is 9.97. The summed E-state index contributed by atoms with van der Waals surface area (Å²) < 4.78 is 0. The summed E-state index contributed by atoms with van der Waals surface area (Å²) in [5.74, 6) is 0.275. The van der Waals surface area contributed by atoms with Crippen molar-refractivity contribution in [3.8, 4) is 0 Å². The van der Waals surface area contributed by atoms with E-state index >= 15 is 0 Å². The molecule has 4 aliphatic rings. The van der Waals surface area contributed by atoms with Crippen molar-refractivity contribution in [3.05, 3.63) is 271 Å². The van der Waals surface area contributed by atoms with E-state index in [1.54, 1.807) is 6.07 Å². The third-order valence-corrected chi connectivity index (χ3v) is 13.6. The Morgan fingerprint density at radius 2 is 0.657 bits per heavy atom. The number of aliphatic hydroxyl groups is 2. The molecule has 8 aromatic rings. The molecule has 0 aliphatic heterocycles. The minimum absolute atomic E-state index is 0.0976. The van der Waals surface area contributed by atoms with Gasteiger partial charge in [0.05, 0.1) is 0 Å². The molecule has 67 heavy (non-hydrogen) atoms. The number of benzene rings is 8. The second-order valence-electron chi connectivity index (χ2n) is 17.9. The molecule has 1 atom stereocenters. The third kappa shape index (κ3) is 9.78. The number of ketones is 2. The highest BCUT2D eigenvalue weighted by Crippen LogP contribution is 2.34. The predicted octanol–water partition coefficient (Wildman–Crippen LogP) is 11.2. The number of aryl methyl sites for hydroxylation is 9. The zero-order valence-corrected chi connectivity index (χ0v) is 37.9. The number of hydrogen-bond acceptors (Lipinski definition) is 6. The highest BCUT2D eigenvalue weighted by molar-refractivity contribution is 6.12. The van der Waals surface area contributed by atoms with Gasteiger partial charge in [-0.2, -0.15) is 0 Å². The first-order chi connectivity index (χ1) is 32.6. The molecule has 6 nitrogen and oxygen atoms in total. The van der Waals surface area contributed by atoms with Crippen LogP contribution in [0.25, 0.3) is 0 Å². The predicted molar refractivity (Wildman–Crippen MR) is 270 cm³/mol. The molecular formula is C61H56N2O4. The van der Waals surface area contributed by atoms with Crippen LogP contribution in [0.3, 0.4) is 0 Å². The Bertz CT molecular complexity index is 2960. The highest BCUT2D eigenvalue weighted by atomic mass is 16.3. The Labute approximate surface area is 393 Å². The van der Waals surface area contributed by atoms with Crippen molar-refractivity contribution in [2.45, 2.75) is 70.5 Å². The van der Waals surface area contributed by atoms with E-state index in [-0.39, 0.29) is 11.6 Å². The Morgan fingerprint density at radius 3 is 1.13 bits per heavy atom. The lowest BCUT2D eigenvalue weighted by Crippen LogP contribution is -2.04. The normalized spacial score (nSPS) is 15.2. The number of nitrogens with two attached hydrogens (primary N) is 2. The minimum atomic E-state index is -0.549. The van der Waals surface area contributed by atoms with Crippen molar-refractivity contribution in [2.75, 3.05) is 11.5 Å². The number of carbonyl (C=O) groups is 2. The van der Waals surface area contributed by atoms with Gasteiger partial charge in [-0.05, 0) is 155 Å². The molecule has 0 saturated carbocycles. The van der Waals surface area contributed by atoms with E-state index in [0.717, 1.165) is 113 Å². The smallest absolute Gasteiger partial charge is 0.193 e. The topological polar surface area (TPSA) is 127 Å².